The Morgan fingerprint density at radius 1 is 1.53 bits per heavy atom. The van der Waals surface area contributed by atoms with E-state index < -0.39 is 0 Å². The first-order chi connectivity index (χ1) is 8.27. The van der Waals surface area contributed by atoms with Crippen molar-refractivity contribution < 1.29 is 9.53 Å². The largest absolute Gasteiger partial charge is 0.459 e. The Kier molecular flexibility index (Phi) is 2.47. The minimum atomic E-state index is -0.307. The van der Waals surface area contributed by atoms with Crippen LogP contribution in [0.2, 0.25) is 0 Å². The first-order valence-electron chi connectivity index (χ1n) is 5.20. The van der Waals surface area contributed by atoms with Crippen molar-refractivity contribution in [3.05, 3.63) is 24.3 Å². The van der Waals surface area contributed by atoms with Crippen molar-refractivity contribution in [1.82, 2.24) is 14.9 Å². The van der Waals surface area contributed by atoms with E-state index in [4.69, 9.17) is 10.1 Å². The number of carbonyl (C=O) groups excluding carboxylic acids is 1. The third-order valence-electron chi connectivity index (χ3n) is 2.81. The van der Waals surface area contributed by atoms with Crippen LogP contribution in [-0.4, -0.2) is 50.4 Å². The van der Waals surface area contributed by atoms with Crippen molar-refractivity contribution in [1.29, 1.82) is 5.41 Å². The zero-order chi connectivity index (χ0) is 11.8. The molecule has 1 aromatic rings. The molecule has 0 aromatic carbocycles. The fraction of sp³-hybridized carbons (Fsp3) is 0.400. The summed E-state index contributed by atoms with van der Waals surface area (Å²) in [6, 6.07) is -0.113. The quantitative estimate of drug-likeness (QED) is 0.779. The fourth-order valence-electron chi connectivity index (χ4n) is 2.00. The first-order valence-corrected chi connectivity index (χ1v) is 6.35. The monoisotopic (exact) mass is 250 g/mol. The molecule has 3 rings (SSSR count). The lowest BCUT2D eigenvalue weighted by Crippen LogP contribution is -2.41. The Hall–Kier alpha value is -1.63. The molecular weight excluding hydrogens is 240 g/mol. The maximum absolute atomic E-state index is 12.2. The summed E-state index contributed by atoms with van der Waals surface area (Å²) in [5.74, 6) is 1.33. The highest BCUT2D eigenvalue weighted by molar-refractivity contribution is 7.99. The summed E-state index contributed by atoms with van der Waals surface area (Å²) < 4.78 is 5.36. The van der Waals surface area contributed by atoms with Gasteiger partial charge in [0.1, 0.15) is 11.8 Å². The van der Waals surface area contributed by atoms with Crippen molar-refractivity contribution in [3.8, 4) is 0 Å². The van der Waals surface area contributed by atoms with E-state index in [1.54, 1.807) is 11.8 Å². The van der Waals surface area contributed by atoms with E-state index in [0.29, 0.717) is 0 Å². The van der Waals surface area contributed by atoms with Gasteiger partial charge in [0.05, 0.1) is 12.2 Å². The predicted octanol–water partition coefficient (Wildman–Crippen LogP) is 0.368. The van der Waals surface area contributed by atoms with E-state index in [9.17, 15) is 4.79 Å². The van der Waals surface area contributed by atoms with Gasteiger partial charge in [-0.05, 0) is 0 Å². The van der Waals surface area contributed by atoms with Crippen LogP contribution in [0.3, 0.4) is 0 Å². The molecule has 2 aliphatic rings. The number of hydrogen-bond acceptors (Lipinski definition) is 6. The number of hydrogen-bond donors (Lipinski definition) is 1. The second-order valence-electron chi connectivity index (χ2n) is 3.83. The number of thioether (sulfide) groups is 1. The van der Waals surface area contributed by atoms with Gasteiger partial charge in [0.2, 0.25) is 0 Å². The molecule has 2 saturated heterocycles. The lowest BCUT2D eigenvalue weighted by atomic mass is 10.2. The molecule has 0 aliphatic carbocycles. The summed E-state index contributed by atoms with van der Waals surface area (Å²) >= 11 is 1.73. The average molecular weight is 250 g/mol. The molecule has 0 bridgehead atoms. The van der Waals surface area contributed by atoms with Gasteiger partial charge in [-0.25, -0.2) is 4.98 Å². The van der Waals surface area contributed by atoms with E-state index in [1.165, 1.54) is 23.5 Å². The summed E-state index contributed by atoms with van der Waals surface area (Å²) in [5.41, 5.74) is 0.249. The van der Waals surface area contributed by atoms with Gasteiger partial charge in [-0.3, -0.25) is 20.1 Å². The number of fused-ring (bicyclic) bond motifs is 1. The Bertz CT molecular complexity index is 467. The normalized spacial score (nSPS) is 26.8. The summed E-state index contributed by atoms with van der Waals surface area (Å²) in [6.45, 7) is 0. The molecule has 6 nitrogen and oxygen atoms in total. The average Bonchev–Trinajstić information content (AvgIpc) is 2.89. The number of rotatable bonds is 1. The molecule has 0 spiro atoms. The van der Waals surface area contributed by atoms with Crippen molar-refractivity contribution >= 4 is 23.7 Å². The number of nitrogens with zero attached hydrogens (tertiary/aromatic N) is 3. The molecule has 88 valence electrons. The van der Waals surface area contributed by atoms with Crippen LogP contribution in [0, 0.1) is 5.41 Å². The number of carbonyl (C=O) groups is 1. The van der Waals surface area contributed by atoms with Gasteiger partial charge in [-0.2, -0.15) is 11.8 Å². The molecule has 1 aromatic heterocycles. The van der Waals surface area contributed by atoms with Crippen LogP contribution >= 0.6 is 11.8 Å². The van der Waals surface area contributed by atoms with Gasteiger partial charge in [-0.15, -0.1) is 0 Å². The molecule has 2 fully saturated rings. The highest BCUT2D eigenvalue weighted by Crippen LogP contribution is 2.31. The predicted molar refractivity (Wildman–Crippen MR) is 61.9 cm³/mol. The molecule has 17 heavy (non-hydrogen) atoms. The fourth-order valence-corrected chi connectivity index (χ4v) is 3.27. The van der Waals surface area contributed by atoms with Crippen LogP contribution in [0.15, 0.2) is 18.6 Å². The second-order valence-corrected chi connectivity index (χ2v) is 4.91. The second kappa shape index (κ2) is 3.99. The van der Waals surface area contributed by atoms with Gasteiger partial charge >= 0.3 is 0 Å². The van der Waals surface area contributed by atoms with E-state index >= 15 is 0 Å². The van der Waals surface area contributed by atoms with Gasteiger partial charge < -0.3 is 4.74 Å². The number of amidine groups is 1. The van der Waals surface area contributed by atoms with Crippen LogP contribution in [0.5, 0.6) is 0 Å². The molecule has 0 unspecified atom stereocenters. The standard InChI is InChI=1S/C10H10N4O2S/c11-10-14(7-4-17-5-8(7)16-10)9(15)6-3-12-1-2-13-6/h1-3,7-8,11H,4-5H2/t7-,8+/m0/s1. The van der Waals surface area contributed by atoms with Crippen LogP contribution in [0.25, 0.3) is 0 Å². The summed E-state index contributed by atoms with van der Waals surface area (Å²) in [5, 5.41) is 7.71. The van der Waals surface area contributed by atoms with Gasteiger partial charge in [-0.1, -0.05) is 0 Å². The molecule has 2 atom stereocenters. The lowest BCUT2D eigenvalue weighted by Gasteiger charge is -2.18. The van der Waals surface area contributed by atoms with Crippen LogP contribution in [0.4, 0.5) is 0 Å². The van der Waals surface area contributed by atoms with Crippen molar-refractivity contribution in [2.75, 3.05) is 11.5 Å². The number of amides is 1. The minimum absolute atomic E-state index is 0.0398. The third-order valence-corrected chi connectivity index (χ3v) is 3.96. The van der Waals surface area contributed by atoms with Crippen molar-refractivity contribution in [3.63, 3.8) is 0 Å². The highest BCUT2D eigenvalue weighted by atomic mass is 32.2. The number of nitrogens with one attached hydrogen (secondary N) is 1. The minimum Gasteiger partial charge on any atom is -0.459 e. The van der Waals surface area contributed by atoms with Crippen molar-refractivity contribution in [2.45, 2.75) is 12.1 Å². The molecule has 0 saturated carbocycles. The highest BCUT2D eigenvalue weighted by Gasteiger charge is 2.46. The summed E-state index contributed by atoms with van der Waals surface area (Å²) in [4.78, 5) is 21.4. The van der Waals surface area contributed by atoms with Gasteiger partial charge in [0.25, 0.3) is 11.9 Å². The van der Waals surface area contributed by atoms with Crippen molar-refractivity contribution in [2.24, 2.45) is 0 Å². The maximum Gasteiger partial charge on any atom is 0.292 e. The molecule has 3 heterocycles. The maximum atomic E-state index is 12.2. The van der Waals surface area contributed by atoms with E-state index in [-0.39, 0.29) is 29.8 Å². The van der Waals surface area contributed by atoms with E-state index in [0.717, 1.165) is 11.5 Å². The van der Waals surface area contributed by atoms with Crippen LogP contribution in [-0.2, 0) is 4.74 Å². The Morgan fingerprint density at radius 3 is 3.18 bits per heavy atom. The number of ether oxygens (including phenoxy) is 1. The lowest BCUT2D eigenvalue weighted by molar-refractivity contribution is 0.0817. The zero-order valence-electron chi connectivity index (χ0n) is 8.87. The summed E-state index contributed by atoms with van der Waals surface area (Å²) in [6.07, 6.45) is 4.34. The Labute approximate surface area is 102 Å². The van der Waals surface area contributed by atoms with E-state index in [1.807, 2.05) is 0 Å². The van der Waals surface area contributed by atoms with Crippen LogP contribution < -0.4 is 0 Å². The van der Waals surface area contributed by atoms with Gasteiger partial charge in [0.15, 0.2) is 0 Å². The Balaban J connectivity index is 1.89. The topological polar surface area (TPSA) is 79.2 Å². The molecule has 0 radical (unpaired) electrons. The SMILES string of the molecule is N=C1O[C@@H]2CSC[C@@H]2N1C(=O)c1cnccn1. The van der Waals surface area contributed by atoms with Gasteiger partial charge in [0, 0.05) is 23.9 Å². The molecular formula is C10H10N4O2S. The van der Waals surface area contributed by atoms with Crippen LogP contribution in [0.1, 0.15) is 10.5 Å². The molecule has 1 N–H and O–H groups in total. The smallest absolute Gasteiger partial charge is 0.292 e. The van der Waals surface area contributed by atoms with E-state index in [2.05, 4.69) is 9.97 Å². The molecule has 2 aliphatic heterocycles. The number of aromatic nitrogens is 2. The molecule has 1 amide bonds. The summed E-state index contributed by atoms with van der Waals surface area (Å²) in [7, 11) is 0. The molecule has 7 heteroatoms. The zero-order valence-corrected chi connectivity index (χ0v) is 9.68. The third kappa shape index (κ3) is 1.66. The Morgan fingerprint density at radius 2 is 2.41 bits per heavy atom. The first kappa shape index (κ1) is 10.5.